The van der Waals surface area contributed by atoms with Crippen LogP contribution in [0.25, 0.3) is 11.3 Å². The van der Waals surface area contributed by atoms with Gasteiger partial charge in [-0.15, -0.1) is 0 Å². The SMILES string of the molecule is C[C@H](C(=O)NC(=O)Nc1cc(F)c(Oc2ccnc(-c3cnn(C)c3)c2)cn1)c1ccc(F)cc1. The number of rotatable bonds is 6. The molecular weight excluding hydrogens is 458 g/mol. The largest absolute Gasteiger partial charge is 0.453 e. The van der Waals surface area contributed by atoms with Crippen molar-refractivity contribution in [1.82, 2.24) is 25.1 Å². The Bertz CT molecular complexity index is 1370. The van der Waals surface area contributed by atoms with Crippen molar-refractivity contribution in [3.05, 3.63) is 84.4 Å². The van der Waals surface area contributed by atoms with Gasteiger partial charge in [-0.3, -0.25) is 25.1 Å². The maximum absolute atomic E-state index is 14.6. The number of benzene rings is 1. The van der Waals surface area contributed by atoms with E-state index in [2.05, 4.69) is 25.7 Å². The molecule has 2 N–H and O–H groups in total. The van der Waals surface area contributed by atoms with Crippen LogP contribution in [0.5, 0.6) is 11.5 Å². The number of aryl methyl sites for hydroxylation is 1. The van der Waals surface area contributed by atoms with E-state index in [9.17, 15) is 18.4 Å². The molecule has 0 aliphatic rings. The van der Waals surface area contributed by atoms with Gasteiger partial charge in [-0.25, -0.2) is 18.6 Å². The van der Waals surface area contributed by atoms with E-state index in [0.29, 0.717) is 17.0 Å². The number of hydrogen-bond donors (Lipinski definition) is 2. The van der Waals surface area contributed by atoms with Crippen LogP contribution in [0.15, 0.2) is 67.3 Å². The van der Waals surface area contributed by atoms with Gasteiger partial charge in [0.25, 0.3) is 0 Å². The summed E-state index contributed by atoms with van der Waals surface area (Å²) in [4.78, 5) is 32.7. The summed E-state index contributed by atoms with van der Waals surface area (Å²) in [5.41, 5.74) is 1.90. The molecular formula is C24H20F2N6O3. The third-order valence-electron chi connectivity index (χ3n) is 5.02. The van der Waals surface area contributed by atoms with E-state index < -0.39 is 29.5 Å². The van der Waals surface area contributed by atoms with Crippen molar-refractivity contribution in [3.63, 3.8) is 0 Å². The number of anilines is 1. The van der Waals surface area contributed by atoms with Crippen molar-refractivity contribution in [1.29, 1.82) is 0 Å². The van der Waals surface area contributed by atoms with Crippen molar-refractivity contribution in [2.75, 3.05) is 5.32 Å². The first-order valence-electron chi connectivity index (χ1n) is 10.4. The average molecular weight is 478 g/mol. The molecule has 0 radical (unpaired) electrons. The smallest absolute Gasteiger partial charge is 0.327 e. The highest BCUT2D eigenvalue weighted by Gasteiger charge is 2.18. The van der Waals surface area contributed by atoms with Gasteiger partial charge in [0, 0.05) is 37.1 Å². The molecule has 3 amide bonds. The highest BCUT2D eigenvalue weighted by Crippen LogP contribution is 2.27. The molecule has 4 aromatic rings. The molecule has 35 heavy (non-hydrogen) atoms. The number of carbonyl (C=O) groups excluding carboxylic acids is 2. The fraction of sp³-hybridized carbons (Fsp3) is 0.125. The fourth-order valence-electron chi connectivity index (χ4n) is 3.15. The number of hydrogen-bond acceptors (Lipinski definition) is 6. The summed E-state index contributed by atoms with van der Waals surface area (Å²) in [6, 6.07) is 8.62. The fourth-order valence-corrected chi connectivity index (χ4v) is 3.15. The lowest BCUT2D eigenvalue weighted by Gasteiger charge is -2.13. The summed E-state index contributed by atoms with van der Waals surface area (Å²) in [6.45, 7) is 1.57. The zero-order chi connectivity index (χ0) is 24.9. The number of nitrogens with zero attached hydrogens (tertiary/aromatic N) is 4. The van der Waals surface area contributed by atoms with E-state index in [1.54, 1.807) is 43.2 Å². The number of amides is 3. The molecule has 0 bridgehead atoms. The van der Waals surface area contributed by atoms with Crippen molar-refractivity contribution >= 4 is 17.8 Å². The molecule has 0 fully saturated rings. The lowest BCUT2D eigenvalue weighted by molar-refractivity contribution is -0.121. The zero-order valence-corrected chi connectivity index (χ0v) is 18.7. The van der Waals surface area contributed by atoms with Crippen LogP contribution in [-0.4, -0.2) is 31.7 Å². The van der Waals surface area contributed by atoms with Crippen molar-refractivity contribution in [2.24, 2.45) is 7.05 Å². The topological polar surface area (TPSA) is 111 Å². The number of pyridine rings is 2. The molecule has 0 saturated heterocycles. The molecule has 3 aromatic heterocycles. The average Bonchev–Trinajstić information content (AvgIpc) is 3.27. The lowest BCUT2D eigenvalue weighted by atomic mass is 10.0. The van der Waals surface area contributed by atoms with Crippen LogP contribution >= 0.6 is 0 Å². The molecule has 0 saturated carbocycles. The Balaban J connectivity index is 1.38. The number of imide groups is 1. The van der Waals surface area contributed by atoms with Gasteiger partial charge in [0.15, 0.2) is 11.6 Å². The van der Waals surface area contributed by atoms with Crippen LogP contribution < -0.4 is 15.4 Å². The Labute approximate surface area is 198 Å². The number of halogens is 2. The van der Waals surface area contributed by atoms with Gasteiger partial charge in [0.1, 0.15) is 17.4 Å². The van der Waals surface area contributed by atoms with Crippen LogP contribution in [0.2, 0.25) is 0 Å². The molecule has 4 rings (SSSR count). The molecule has 3 heterocycles. The minimum Gasteiger partial charge on any atom is -0.453 e. The first kappa shape index (κ1) is 23.5. The number of carbonyl (C=O) groups is 2. The summed E-state index contributed by atoms with van der Waals surface area (Å²) < 4.78 is 34.9. The monoisotopic (exact) mass is 478 g/mol. The Hall–Kier alpha value is -4.67. The molecule has 1 atom stereocenters. The first-order valence-corrected chi connectivity index (χ1v) is 10.4. The van der Waals surface area contributed by atoms with Crippen molar-refractivity contribution in [2.45, 2.75) is 12.8 Å². The molecule has 0 unspecified atom stereocenters. The molecule has 11 heteroatoms. The third kappa shape index (κ3) is 5.82. The van der Waals surface area contributed by atoms with Gasteiger partial charge in [0.2, 0.25) is 5.91 Å². The molecule has 1 aromatic carbocycles. The van der Waals surface area contributed by atoms with Gasteiger partial charge in [0.05, 0.1) is 24.0 Å². The van der Waals surface area contributed by atoms with Crippen molar-refractivity contribution in [3.8, 4) is 22.8 Å². The molecule has 9 nitrogen and oxygen atoms in total. The van der Waals surface area contributed by atoms with Gasteiger partial charge in [-0.1, -0.05) is 12.1 Å². The van der Waals surface area contributed by atoms with Gasteiger partial charge < -0.3 is 4.74 Å². The van der Waals surface area contributed by atoms with E-state index >= 15 is 0 Å². The summed E-state index contributed by atoms with van der Waals surface area (Å²) in [5.74, 6) is -2.49. The summed E-state index contributed by atoms with van der Waals surface area (Å²) in [6.07, 6.45) is 6.06. The van der Waals surface area contributed by atoms with Crippen LogP contribution in [-0.2, 0) is 11.8 Å². The molecule has 0 aliphatic heterocycles. The zero-order valence-electron chi connectivity index (χ0n) is 18.7. The first-order chi connectivity index (χ1) is 16.8. The summed E-state index contributed by atoms with van der Waals surface area (Å²) in [5, 5.41) is 8.54. The van der Waals surface area contributed by atoms with Crippen molar-refractivity contribution < 1.29 is 23.1 Å². The maximum atomic E-state index is 14.6. The second-order valence-corrected chi connectivity index (χ2v) is 7.60. The molecule has 0 spiro atoms. The minimum atomic E-state index is -0.889. The summed E-state index contributed by atoms with van der Waals surface area (Å²) in [7, 11) is 1.78. The maximum Gasteiger partial charge on any atom is 0.327 e. The Morgan fingerprint density at radius 2 is 1.83 bits per heavy atom. The predicted molar refractivity (Wildman–Crippen MR) is 123 cm³/mol. The minimum absolute atomic E-state index is 0.125. The highest BCUT2D eigenvalue weighted by atomic mass is 19.1. The van der Waals surface area contributed by atoms with Crippen LogP contribution in [0.1, 0.15) is 18.4 Å². The van der Waals surface area contributed by atoms with E-state index in [4.69, 9.17) is 4.74 Å². The Morgan fingerprint density at radius 1 is 1.06 bits per heavy atom. The Morgan fingerprint density at radius 3 is 2.51 bits per heavy atom. The van der Waals surface area contributed by atoms with Gasteiger partial charge >= 0.3 is 6.03 Å². The van der Waals surface area contributed by atoms with E-state index in [-0.39, 0.29) is 11.6 Å². The molecule has 0 aliphatic carbocycles. The normalized spacial score (nSPS) is 11.5. The number of ether oxygens (including phenoxy) is 1. The van der Waals surface area contributed by atoms with Gasteiger partial charge in [-0.05, 0) is 30.7 Å². The third-order valence-corrected chi connectivity index (χ3v) is 5.02. The van der Waals surface area contributed by atoms with Crippen LogP contribution in [0.3, 0.4) is 0 Å². The standard InChI is InChI=1S/C24H20F2N6O3/c1-14(15-3-5-17(25)6-4-15)23(33)31-24(34)30-22-10-19(26)21(12-28-22)35-18-7-8-27-20(9-18)16-11-29-32(2)13-16/h3-14H,1-2H3,(H2,28,30,31,33,34)/t14-/m0/s1. The second kappa shape index (κ2) is 10.1. The number of urea groups is 1. The quantitative estimate of drug-likeness (QED) is 0.425. The van der Waals surface area contributed by atoms with Gasteiger partial charge in [-0.2, -0.15) is 5.10 Å². The molecule has 178 valence electrons. The van der Waals surface area contributed by atoms with E-state index in [1.807, 2.05) is 0 Å². The predicted octanol–water partition coefficient (Wildman–Crippen LogP) is 4.40. The number of nitrogens with one attached hydrogen (secondary N) is 2. The van der Waals surface area contributed by atoms with Crippen LogP contribution in [0, 0.1) is 11.6 Å². The summed E-state index contributed by atoms with van der Waals surface area (Å²) >= 11 is 0. The highest BCUT2D eigenvalue weighted by molar-refractivity contribution is 6.02. The second-order valence-electron chi connectivity index (χ2n) is 7.60. The number of aromatic nitrogens is 4. The lowest BCUT2D eigenvalue weighted by Crippen LogP contribution is -2.37. The van der Waals surface area contributed by atoms with E-state index in [1.165, 1.54) is 30.5 Å². The van der Waals surface area contributed by atoms with E-state index in [0.717, 1.165) is 17.8 Å². The van der Waals surface area contributed by atoms with Crippen LogP contribution in [0.4, 0.5) is 19.4 Å². The Kier molecular flexibility index (Phi) is 6.76.